The summed E-state index contributed by atoms with van der Waals surface area (Å²) in [4.78, 5) is 11.9. The number of benzene rings is 2. The van der Waals surface area contributed by atoms with Crippen LogP contribution in [0, 0.1) is 11.6 Å². The highest BCUT2D eigenvalue weighted by Crippen LogP contribution is 2.13. The van der Waals surface area contributed by atoms with E-state index in [2.05, 4.69) is 26.2 Å². The van der Waals surface area contributed by atoms with E-state index in [4.69, 9.17) is 0 Å². The van der Waals surface area contributed by atoms with Gasteiger partial charge in [-0.2, -0.15) is 4.68 Å². The SMILES string of the molecule is O=C(NCCc1ccccc1)NCc1nnnn1-c1ccc(F)c(F)c1. The van der Waals surface area contributed by atoms with Gasteiger partial charge in [0, 0.05) is 12.6 Å². The largest absolute Gasteiger partial charge is 0.338 e. The predicted octanol–water partition coefficient (Wildman–Crippen LogP) is 1.98. The lowest BCUT2D eigenvalue weighted by Crippen LogP contribution is -2.36. The lowest BCUT2D eigenvalue weighted by atomic mass is 10.1. The molecule has 0 unspecified atom stereocenters. The Morgan fingerprint density at radius 2 is 1.85 bits per heavy atom. The van der Waals surface area contributed by atoms with Crippen molar-refractivity contribution in [3.8, 4) is 5.69 Å². The summed E-state index contributed by atoms with van der Waals surface area (Å²) in [5, 5.41) is 16.4. The number of carbonyl (C=O) groups is 1. The van der Waals surface area contributed by atoms with Crippen LogP contribution in [0.2, 0.25) is 0 Å². The molecule has 2 amide bonds. The summed E-state index contributed by atoms with van der Waals surface area (Å²) in [5.74, 6) is -1.68. The van der Waals surface area contributed by atoms with E-state index in [9.17, 15) is 13.6 Å². The summed E-state index contributed by atoms with van der Waals surface area (Å²) in [5.41, 5.74) is 1.38. The molecule has 0 atom stereocenters. The first-order valence-corrected chi connectivity index (χ1v) is 7.92. The number of urea groups is 1. The van der Waals surface area contributed by atoms with E-state index in [0.717, 1.165) is 17.7 Å². The first-order chi connectivity index (χ1) is 12.6. The Bertz CT molecular complexity index is 884. The van der Waals surface area contributed by atoms with E-state index in [0.29, 0.717) is 13.0 Å². The average Bonchev–Trinajstić information content (AvgIpc) is 3.12. The van der Waals surface area contributed by atoms with Gasteiger partial charge in [0.15, 0.2) is 17.5 Å². The van der Waals surface area contributed by atoms with E-state index in [1.54, 1.807) is 0 Å². The second-order valence-electron chi connectivity index (χ2n) is 5.45. The van der Waals surface area contributed by atoms with Crippen LogP contribution in [-0.2, 0) is 13.0 Å². The van der Waals surface area contributed by atoms with Crippen molar-refractivity contribution in [1.82, 2.24) is 30.8 Å². The molecule has 2 N–H and O–H groups in total. The zero-order valence-corrected chi connectivity index (χ0v) is 13.7. The second kappa shape index (κ2) is 8.15. The molecule has 0 aliphatic rings. The quantitative estimate of drug-likeness (QED) is 0.706. The van der Waals surface area contributed by atoms with Crippen molar-refractivity contribution in [3.05, 3.63) is 71.6 Å². The minimum Gasteiger partial charge on any atom is -0.338 e. The zero-order chi connectivity index (χ0) is 18.4. The highest BCUT2D eigenvalue weighted by atomic mass is 19.2. The number of aromatic nitrogens is 4. The van der Waals surface area contributed by atoms with Gasteiger partial charge in [-0.05, 0) is 34.5 Å². The Kier molecular flexibility index (Phi) is 5.47. The van der Waals surface area contributed by atoms with Gasteiger partial charge in [-0.3, -0.25) is 0 Å². The van der Waals surface area contributed by atoms with Gasteiger partial charge < -0.3 is 10.6 Å². The van der Waals surface area contributed by atoms with Gasteiger partial charge in [0.1, 0.15) is 0 Å². The van der Waals surface area contributed by atoms with Gasteiger partial charge in [0.05, 0.1) is 12.2 Å². The van der Waals surface area contributed by atoms with Crippen LogP contribution < -0.4 is 10.6 Å². The molecule has 2 aromatic carbocycles. The molecule has 7 nitrogen and oxygen atoms in total. The van der Waals surface area contributed by atoms with Crippen LogP contribution in [0.1, 0.15) is 11.4 Å². The summed E-state index contributed by atoms with van der Waals surface area (Å²) < 4.78 is 27.6. The number of nitrogens with one attached hydrogen (secondary N) is 2. The summed E-state index contributed by atoms with van der Waals surface area (Å²) in [7, 11) is 0. The zero-order valence-electron chi connectivity index (χ0n) is 13.7. The number of halogens is 2. The monoisotopic (exact) mass is 358 g/mol. The predicted molar refractivity (Wildman–Crippen MR) is 89.5 cm³/mol. The van der Waals surface area contributed by atoms with Crippen molar-refractivity contribution >= 4 is 6.03 Å². The van der Waals surface area contributed by atoms with E-state index in [-0.39, 0.29) is 24.1 Å². The fourth-order valence-electron chi connectivity index (χ4n) is 2.32. The van der Waals surface area contributed by atoms with Gasteiger partial charge in [-0.25, -0.2) is 13.6 Å². The standard InChI is InChI=1S/C17H16F2N6O/c18-14-7-6-13(10-15(14)19)25-16(22-23-24-25)11-21-17(26)20-9-8-12-4-2-1-3-5-12/h1-7,10H,8-9,11H2,(H2,20,21,26). The lowest BCUT2D eigenvalue weighted by Gasteiger charge is -2.08. The van der Waals surface area contributed by atoms with Crippen molar-refractivity contribution in [1.29, 1.82) is 0 Å². The molecule has 0 aliphatic carbocycles. The second-order valence-corrected chi connectivity index (χ2v) is 5.45. The number of rotatable bonds is 6. The topological polar surface area (TPSA) is 84.7 Å². The van der Waals surface area contributed by atoms with E-state index in [1.807, 2.05) is 30.3 Å². The number of amides is 2. The van der Waals surface area contributed by atoms with E-state index >= 15 is 0 Å². The van der Waals surface area contributed by atoms with Crippen molar-refractivity contribution in [3.63, 3.8) is 0 Å². The molecule has 0 spiro atoms. The molecule has 26 heavy (non-hydrogen) atoms. The van der Waals surface area contributed by atoms with Gasteiger partial charge in [0.25, 0.3) is 0 Å². The number of tetrazole rings is 1. The molecule has 0 fully saturated rings. The highest BCUT2D eigenvalue weighted by Gasteiger charge is 2.12. The molecular formula is C17H16F2N6O. The molecular weight excluding hydrogens is 342 g/mol. The van der Waals surface area contributed by atoms with E-state index < -0.39 is 11.6 Å². The lowest BCUT2D eigenvalue weighted by molar-refractivity contribution is 0.240. The molecule has 1 heterocycles. The maximum atomic E-state index is 13.4. The normalized spacial score (nSPS) is 10.5. The Labute approximate surface area is 148 Å². The fraction of sp³-hybridized carbons (Fsp3) is 0.176. The Balaban J connectivity index is 1.53. The maximum Gasteiger partial charge on any atom is 0.315 e. The Morgan fingerprint density at radius 1 is 1.04 bits per heavy atom. The van der Waals surface area contributed by atoms with Crippen molar-refractivity contribution in [2.24, 2.45) is 0 Å². The van der Waals surface area contributed by atoms with Crippen molar-refractivity contribution < 1.29 is 13.6 Å². The van der Waals surface area contributed by atoms with Crippen molar-refractivity contribution in [2.75, 3.05) is 6.54 Å². The van der Waals surface area contributed by atoms with Crippen LogP contribution in [0.25, 0.3) is 5.69 Å². The third-order valence-electron chi connectivity index (χ3n) is 3.63. The fourth-order valence-corrected chi connectivity index (χ4v) is 2.32. The van der Waals surface area contributed by atoms with Crippen molar-refractivity contribution in [2.45, 2.75) is 13.0 Å². The molecule has 0 aliphatic heterocycles. The minimum absolute atomic E-state index is 0.0309. The van der Waals surface area contributed by atoms with Crippen LogP contribution >= 0.6 is 0 Å². The smallest absolute Gasteiger partial charge is 0.315 e. The number of hydrogen-bond donors (Lipinski definition) is 2. The molecule has 0 bridgehead atoms. The number of hydrogen-bond acceptors (Lipinski definition) is 4. The molecule has 9 heteroatoms. The molecule has 3 aromatic rings. The first-order valence-electron chi connectivity index (χ1n) is 7.92. The summed E-state index contributed by atoms with van der Waals surface area (Å²) in [6.45, 7) is 0.507. The van der Waals surface area contributed by atoms with Gasteiger partial charge in [-0.1, -0.05) is 30.3 Å². The number of carbonyl (C=O) groups excluding carboxylic acids is 1. The van der Waals surface area contributed by atoms with E-state index in [1.165, 1.54) is 10.7 Å². The van der Waals surface area contributed by atoms with Crippen LogP contribution in [0.5, 0.6) is 0 Å². The maximum absolute atomic E-state index is 13.4. The summed E-state index contributed by atoms with van der Waals surface area (Å²) >= 11 is 0. The Morgan fingerprint density at radius 3 is 2.62 bits per heavy atom. The first kappa shape index (κ1) is 17.5. The molecule has 134 valence electrons. The average molecular weight is 358 g/mol. The van der Waals surface area contributed by atoms with Gasteiger partial charge in [-0.15, -0.1) is 5.10 Å². The summed E-state index contributed by atoms with van der Waals surface area (Å²) in [6.07, 6.45) is 0.709. The molecule has 0 saturated heterocycles. The minimum atomic E-state index is -1.00. The van der Waals surface area contributed by atoms with Crippen LogP contribution in [-0.4, -0.2) is 32.8 Å². The van der Waals surface area contributed by atoms with Crippen LogP contribution in [0.15, 0.2) is 48.5 Å². The molecule has 1 aromatic heterocycles. The summed E-state index contributed by atoms with van der Waals surface area (Å²) in [6, 6.07) is 12.7. The highest BCUT2D eigenvalue weighted by molar-refractivity contribution is 5.73. The van der Waals surface area contributed by atoms with Crippen LogP contribution in [0.4, 0.5) is 13.6 Å². The third kappa shape index (κ3) is 4.38. The third-order valence-corrected chi connectivity index (χ3v) is 3.63. The van der Waals surface area contributed by atoms with Crippen LogP contribution in [0.3, 0.4) is 0 Å². The molecule has 3 rings (SSSR count). The van der Waals surface area contributed by atoms with Gasteiger partial charge in [0.2, 0.25) is 0 Å². The Hall–Kier alpha value is -3.36. The molecule has 0 saturated carbocycles. The molecule has 0 radical (unpaired) electrons. The number of nitrogens with zero attached hydrogens (tertiary/aromatic N) is 4. The van der Waals surface area contributed by atoms with Gasteiger partial charge >= 0.3 is 6.03 Å².